The maximum absolute atomic E-state index is 5.38. The van der Waals surface area contributed by atoms with Gasteiger partial charge >= 0.3 is 0 Å². The predicted octanol–water partition coefficient (Wildman–Crippen LogP) is 1.47. The SMILES string of the molecule is ClCCOCCOCCOCCl. The molecule has 0 aliphatic carbocycles. The minimum atomic E-state index is 0.214. The Bertz CT molecular complexity index is 73.1. The van der Waals surface area contributed by atoms with Gasteiger partial charge in [0.05, 0.1) is 33.0 Å². The fraction of sp³-hybridized carbons (Fsp3) is 1.00. The van der Waals surface area contributed by atoms with Crippen LogP contribution in [0.2, 0.25) is 0 Å². The lowest BCUT2D eigenvalue weighted by molar-refractivity contribution is 0.0255. The van der Waals surface area contributed by atoms with Crippen LogP contribution in [-0.4, -0.2) is 45.0 Å². The lowest BCUT2D eigenvalue weighted by atomic mass is 10.7. The molecule has 0 saturated heterocycles. The first-order valence-electron chi connectivity index (χ1n) is 3.77. The van der Waals surface area contributed by atoms with Crippen molar-refractivity contribution in [2.75, 3.05) is 45.0 Å². The molecule has 0 heterocycles. The number of hydrogen-bond donors (Lipinski definition) is 0. The zero-order valence-electron chi connectivity index (χ0n) is 6.93. The molecule has 3 nitrogen and oxygen atoms in total. The molecule has 0 spiro atoms. The molecule has 0 aliphatic rings. The van der Waals surface area contributed by atoms with Crippen LogP contribution in [-0.2, 0) is 14.2 Å². The summed E-state index contributed by atoms with van der Waals surface area (Å²) in [5, 5.41) is 0. The second-order valence-electron chi connectivity index (χ2n) is 1.93. The Balaban J connectivity index is 2.73. The van der Waals surface area contributed by atoms with Crippen molar-refractivity contribution in [3.05, 3.63) is 0 Å². The predicted molar refractivity (Wildman–Crippen MR) is 49.0 cm³/mol. The molecule has 0 amide bonds. The average Bonchev–Trinajstić information content (AvgIpc) is 2.10. The molecular weight excluding hydrogens is 203 g/mol. The first kappa shape index (κ1) is 12.5. The normalized spacial score (nSPS) is 10.5. The van der Waals surface area contributed by atoms with Gasteiger partial charge in [-0.15, -0.1) is 11.6 Å². The first-order chi connectivity index (χ1) is 5.91. The quantitative estimate of drug-likeness (QED) is 0.432. The molecule has 0 aromatic carbocycles. The standard InChI is InChI=1S/C7H14Cl2O3/c8-1-2-10-3-4-11-5-6-12-7-9/h1-7H2. The Kier molecular flexibility index (Phi) is 11.9. The van der Waals surface area contributed by atoms with E-state index in [1.807, 2.05) is 0 Å². The van der Waals surface area contributed by atoms with Crippen LogP contribution >= 0.6 is 23.2 Å². The van der Waals surface area contributed by atoms with Gasteiger partial charge in [0.1, 0.15) is 6.07 Å². The van der Waals surface area contributed by atoms with Crippen LogP contribution < -0.4 is 0 Å². The lowest BCUT2D eigenvalue weighted by Crippen LogP contribution is -2.09. The number of rotatable bonds is 9. The summed E-state index contributed by atoms with van der Waals surface area (Å²) >= 11 is 10.6. The Hall–Kier alpha value is 0.460. The molecule has 0 atom stereocenters. The molecule has 0 radical (unpaired) electrons. The largest absolute Gasteiger partial charge is 0.378 e. The maximum atomic E-state index is 5.38. The van der Waals surface area contributed by atoms with Gasteiger partial charge in [0, 0.05) is 5.88 Å². The topological polar surface area (TPSA) is 27.7 Å². The molecule has 0 unspecified atom stereocenters. The highest BCUT2D eigenvalue weighted by molar-refractivity contribution is 6.18. The van der Waals surface area contributed by atoms with Gasteiger partial charge in [-0.1, -0.05) is 11.6 Å². The molecule has 0 bridgehead atoms. The van der Waals surface area contributed by atoms with E-state index < -0.39 is 0 Å². The third-order valence-electron chi connectivity index (χ3n) is 1.04. The van der Waals surface area contributed by atoms with Crippen molar-refractivity contribution in [3.8, 4) is 0 Å². The molecule has 74 valence electrons. The summed E-state index contributed by atoms with van der Waals surface area (Å²) in [6.07, 6.45) is 0. The summed E-state index contributed by atoms with van der Waals surface area (Å²) in [5.74, 6) is 0.523. The lowest BCUT2D eigenvalue weighted by Gasteiger charge is -2.03. The number of alkyl halides is 2. The summed E-state index contributed by atoms with van der Waals surface area (Å²) in [6, 6.07) is 0.214. The van der Waals surface area contributed by atoms with E-state index in [1.165, 1.54) is 0 Å². The van der Waals surface area contributed by atoms with E-state index >= 15 is 0 Å². The van der Waals surface area contributed by atoms with Crippen molar-refractivity contribution >= 4 is 23.2 Å². The molecule has 0 fully saturated rings. The van der Waals surface area contributed by atoms with Crippen LogP contribution in [0.15, 0.2) is 0 Å². The van der Waals surface area contributed by atoms with Crippen LogP contribution in [0.1, 0.15) is 0 Å². The number of hydrogen-bond acceptors (Lipinski definition) is 3. The minimum Gasteiger partial charge on any atom is -0.378 e. The van der Waals surface area contributed by atoms with Gasteiger partial charge in [-0.05, 0) is 0 Å². The first-order valence-corrected chi connectivity index (χ1v) is 4.84. The number of ether oxygens (including phenoxy) is 3. The van der Waals surface area contributed by atoms with Gasteiger partial charge in [-0.25, -0.2) is 0 Å². The van der Waals surface area contributed by atoms with E-state index in [2.05, 4.69) is 0 Å². The summed E-state index contributed by atoms with van der Waals surface area (Å²) < 4.78 is 15.0. The molecule has 0 aromatic heterocycles. The van der Waals surface area contributed by atoms with Gasteiger partial charge in [0.2, 0.25) is 0 Å². The van der Waals surface area contributed by atoms with Crippen molar-refractivity contribution in [2.24, 2.45) is 0 Å². The van der Waals surface area contributed by atoms with E-state index in [0.29, 0.717) is 38.9 Å². The minimum absolute atomic E-state index is 0.214. The van der Waals surface area contributed by atoms with Crippen molar-refractivity contribution in [2.45, 2.75) is 0 Å². The summed E-state index contributed by atoms with van der Waals surface area (Å²) in [4.78, 5) is 0. The third-order valence-corrected chi connectivity index (χ3v) is 1.35. The van der Waals surface area contributed by atoms with Gasteiger partial charge < -0.3 is 14.2 Å². The molecular formula is C7H14Cl2O3. The zero-order chi connectivity index (χ0) is 9.07. The summed E-state index contributed by atoms with van der Waals surface area (Å²) in [6.45, 7) is 2.80. The Morgan fingerprint density at radius 2 is 1.17 bits per heavy atom. The monoisotopic (exact) mass is 216 g/mol. The van der Waals surface area contributed by atoms with Crippen LogP contribution in [0.4, 0.5) is 0 Å². The molecule has 12 heavy (non-hydrogen) atoms. The average molecular weight is 217 g/mol. The molecule has 0 N–H and O–H groups in total. The molecule has 0 rings (SSSR count). The van der Waals surface area contributed by atoms with Gasteiger partial charge in [0.25, 0.3) is 0 Å². The molecule has 0 aromatic rings. The van der Waals surface area contributed by atoms with Crippen molar-refractivity contribution in [1.82, 2.24) is 0 Å². The van der Waals surface area contributed by atoms with Gasteiger partial charge in [-0.2, -0.15) is 0 Å². The highest BCUT2D eigenvalue weighted by Crippen LogP contribution is 1.83. The molecule has 5 heteroatoms. The highest BCUT2D eigenvalue weighted by Gasteiger charge is 1.89. The second kappa shape index (κ2) is 11.5. The second-order valence-corrected chi connectivity index (χ2v) is 2.53. The Morgan fingerprint density at radius 3 is 1.67 bits per heavy atom. The smallest absolute Gasteiger partial charge is 0.120 e. The van der Waals surface area contributed by atoms with E-state index in [9.17, 15) is 0 Å². The molecule has 0 saturated carbocycles. The van der Waals surface area contributed by atoms with Crippen LogP contribution in [0.3, 0.4) is 0 Å². The van der Waals surface area contributed by atoms with Crippen LogP contribution in [0, 0.1) is 0 Å². The van der Waals surface area contributed by atoms with Crippen molar-refractivity contribution in [3.63, 3.8) is 0 Å². The van der Waals surface area contributed by atoms with E-state index in [-0.39, 0.29) is 6.07 Å². The highest BCUT2D eigenvalue weighted by atomic mass is 35.5. The fourth-order valence-electron chi connectivity index (χ4n) is 0.549. The molecule has 0 aliphatic heterocycles. The van der Waals surface area contributed by atoms with E-state index in [1.54, 1.807) is 0 Å². The maximum Gasteiger partial charge on any atom is 0.120 e. The van der Waals surface area contributed by atoms with E-state index in [0.717, 1.165) is 0 Å². The van der Waals surface area contributed by atoms with Crippen LogP contribution in [0.5, 0.6) is 0 Å². The van der Waals surface area contributed by atoms with E-state index in [4.69, 9.17) is 37.4 Å². The van der Waals surface area contributed by atoms with Gasteiger partial charge in [-0.3, -0.25) is 0 Å². The number of halogens is 2. The Labute approximate surface area is 82.9 Å². The fourth-order valence-corrected chi connectivity index (χ4v) is 0.767. The summed E-state index contributed by atoms with van der Waals surface area (Å²) in [5.41, 5.74) is 0. The van der Waals surface area contributed by atoms with Gasteiger partial charge in [0.15, 0.2) is 0 Å². The van der Waals surface area contributed by atoms with Crippen molar-refractivity contribution in [1.29, 1.82) is 0 Å². The van der Waals surface area contributed by atoms with Crippen LogP contribution in [0.25, 0.3) is 0 Å². The zero-order valence-corrected chi connectivity index (χ0v) is 8.44. The van der Waals surface area contributed by atoms with Crippen molar-refractivity contribution < 1.29 is 14.2 Å². The third kappa shape index (κ3) is 10.5. The summed E-state index contributed by atoms with van der Waals surface area (Å²) in [7, 11) is 0. The Morgan fingerprint density at radius 1 is 0.667 bits per heavy atom.